The van der Waals surface area contributed by atoms with Crippen LogP contribution in [0.2, 0.25) is 0 Å². The van der Waals surface area contributed by atoms with Gasteiger partial charge in [-0.05, 0) is 31.4 Å². The minimum absolute atomic E-state index is 0.279. The third kappa shape index (κ3) is 1.50. The molecule has 4 rings (SSSR count). The molecule has 1 aliphatic rings. The maximum Gasteiger partial charge on any atom is 0.186 e. The summed E-state index contributed by atoms with van der Waals surface area (Å²) in [4.78, 5) is 7.70. The van der Waals surface area contributed by atoms with Gasteiger partial charge in [0.2, 0.25) is 0 Å². The summed E-state index contributed by atoms with van der Waals surface area (Å²) in [5.74, 6) is 1.61. The smallest absolute Gasteiger partial charge is 0.186 e. The lowest BCUT2D eigenvalue weighted by atomic mass is 9.77. The van der Waals surface area contributed by atoms with E-state index in [1.807, 2.05) is 28.8 Å². The third-order valence-corrected chi connectivity index (χ3v) is 3.85. The topological polar surface area (TPSA) is 84.9 Å². The number of nitrogens with zero attached hydrogens (tertiary/aromatic N) is 4. The number of imidazole rings is 1. The van der Waals surface area contributed by atoms with E-state index < -0.39 is 0 Å². The van der Waals surface area contributed by atoms with Crippen LogP contribution in [0.5, 0.6) is 0 Å². The van der Waals surface area contributed by atoms with Gasteiger partial charge in [0.05, 0.1) is 11.7 Å². The summed E-state index contributed by atoms with van der Waals surface area (Å²) in [6, 6.07) is 5.81. The van der Waals surface area contributed by atoms with Crippen molar-refractivity contribution in [3.8, 4) is 11.5 Å². The maximum absolute atomic E-state index is 6.27. The van der Waals surface area contributed by atoms with Crippen LogP contribution in [0.3, 0.4) is 0 Å². The molecule has 0 aromatic carbocycles. The first-order valence-electron chi connectivity index (χ1n) is 6.41. The van der Waals surface area contributed by atoms with Crippen molar-refractivity contribution in [1.29, 1.82) is 0 Å². The van der Waals surface area contributed by atoms with Crippen LogP contribution in [0.25, 0.3) is 17.2 Å². The Kier molecular flexibility index (Phi) is 2.05. The zero-order chi connectivity index (χ0) is 12.9. The van der Waals surface area contributed by atoms with Crippen LogP contribution in [0.4, 0.5) is 0 Å². The molecule has 1 fully saturated rings. The minimum Gasteiger partial charge on any atom is -0.338 e. The number of fused-ring (bicyclic) bond motifs is 1. The second kappa shape index (κ2) is 3.64. The van der Waals surface area contributed by atoms with E-state index in [9.17, 15) is 0 Å². The van der Waals surface area contributed by atoms with Crippen molar-refractivity contribution in [1.82, 2.24) is 24.6 Å². The average Bonchev–Trinajstić information content (AvgIpc) is 3.02. The van der Waals surface area contributed by atoms with Gasteiger partial charge in [-0.3, -0.25) is 4.40 Å². The molecular formula is C13H14N6. The van der Waals surface area contributed by atoms with Crippen LogP contribution < -0.4 is 5.73 Å². The molecule has 0 saturated heterocycles. The lowest BCUT2D eigenvalue weighted by Gasteiger charge is -2.35. The predicted octanol–water partition coefficient (Wildman–Crippen LogP) is 1.46. The summed E-state index contributed by atoms with van der Waals surface area (Å²) in [6.45, 7) is 0. The second-order valence-electron chi connectivity index (χ2n) is 5.11. The highest BCUT2D eigenvalue weighted by Crippen LogP contribution is 2.37. The van der Waals surface area contributed by atoms with Crippen LogP contribution in [-0.2, 0) is 5.54 Å². The summed E-state index contributed by atoms with van der Waals surface area (Å²) >= 11 is 0. The van der Waals surface area contributed by atoms with E-state index in [4.69, 9.17) is 5.73 Å². The molecular weight excluding hydrogens is 240 g/mol. The zero-order valence-electron chi connectivity index (χ0n) is 10.4. The number of nitrogens with one attached hydrogen (secondary N) is 1. The Morgan fingerprint density at radius 1 is 1.26 bits per heavy atom. The first kappa shape index (κ1) is 10.7. The second-order valence-corrected chi connectivity index (χ2v) is 5.11. The van der Waals surface area contributed by atoms with Gasteiger partial charge in [0.25, 0.3) is 0 Å². The number of pyridine rings is 1. The molecule has 0 atom stereocenters. The molecule has 0 bridgehead atoms. The summed E-state index contributed by atoms with van der Waals surface area (Å²) in [6.07, 6.45) is 6.86. The Balaban J connectivity index is 1.80. The van der Waals surface area contributed by atoms with Crippen molar-refractivity contribution < 1.29 is 0 Å². The van der Waals surface area contributed by atoms with E-state index in [1.54, 1.807) is 6.20 Å². The van der Waals surface area contributed by atoms with Gasteiger partial charge >= 0.3 is 0 Å². The van der Waals surface area contributed by atoms with Crippen molar-refractivity contribution in [2.45, 2.75) is 24.8 Å². The summed E-state index contributed by atoms with van der Waals surface area (Å²) in [5, 5.41) is 8.34. The Hall–Kier alpha value is -2.21. The molecule has 3 aromatic rings. The number of nitrogens with two attached hydrogens (primary N) is 1. The van der Waals surface area contributed by atoms with Gasteiger partial charge in [-0.2, -0.15) is 0 Å². The fraction of sp³-hybridized carbons (Fsp3) is 0.308. The SMILES string of the molecule is NC1(c2ncc(-c3nnc4ccccn34)[nH]2)CCC1. The standard InChI is InChI=1S/C13H14N6/c14-13(5-3-6-13)12-15-8-9(16-12)11-18-17-10-4-1-2-7-19(10)11/h1-2,4,7-8H,3,5-6,14H2,(H,15,16). The lowest BCUT2D eigenvalue weighted by Crippen LogP contribution is -2.44. The molecule has 0 aliphatic heterocycles. The van der Waals surface area contributed by atoms with Gasteiger partial charge in [-0.15, -0.1) is 10.2 Å². The predicted molar refractivity (Wildman–Crippen MR) is 70.3 cm³/mol. The van der Waals surface area contributed by atoms with Gasteiger partial charge in [0.15, 0.2) is 11.5 Å². The van der Waals surface area contributed by atoms with E-state index in [-0.39, 0.29) is 5.54 Å². The normalized spacial score (nSPS) is 17.5. The monoisotopic (exact) mass is 254 g/mol. The third-order valence-electron chi connectivity index (χ3n) is 3.85. The minimum atomic E-state index is -0.279. The summed E-state index contributed by atoms with van der Waals surface area (Å²) in [7, 11) is 0. The molecule has 3 heterocycles. The van der Waals surface area contributed by atoms with E-state index in [0.717, 1.165) is 35.8 Å². The van der Waals surface area contributed by atoms with E-state index in [2.05, 4.69) is 20.2 Å². The molecule has 96 valence electrons. The Labute approximate surface area is 109 Å². The first-order chi connectivity index (χ1) is 9.26. The molecule has 6 nitrogen and oxygen atoms in total. The fourth-order valence-corrected chi connectivity index (χ4v) is 2.51. The Morgan fingerprint density at radius 3 is 2.95 bits per heavy atom. The number of rotatable bonds is 2. The lowest BCUT2D eigenvalue weighted by molar-refractivity contribution is 0.240. The van der Waals surface area contributed by atoms with Crippen LogP contribution in [0.15, 0.2) is 30.6 Å². The number of hydrogen-bond donors (Lipinski definition) is 2. The highest BCUT2D eigenvalue weighted by Gasteiger charge is 2.37. The number of hydrogen-bond acceptors (Lipinski definition) is 4. The first-order valence-corrected chi connectivity index (χ1v) is 6.41. The van der Waals surface area contributed by atoms with E-state index >= 15 is 0 Å². The van der Waals surface area contributed by atoms with Gasteiger partial charge in [0, 0.05) is 6.20 Å². The van der Waals surface area contributed by atoms with E-state index in [1.165, 1.54) is 6.42 Å². The Bertz CT molecular complexity index is 736. The number of aromatic nitrogens is 5. The molecule has 1 saturated carbocycles. The van der Waals surface area contributed by atoms with Crippen LogP contribution in [-0.4, -0.2) is 24.6 Å². The molecule has 3 N–H and O–H groups in total. The largest absolute Gasteiger partial charge is 0.338 e. The molecule has 0 spiro atoms. The molecule has 0 radical (unpaired) electrons. The van der Waals surface area contributed by atoms with Crippen LogP contribution in [0.1, 0.15) is 25.1 Å². The highest BCUT2D eigenvalue weighted by molar-refractivity contribution is 5.54. The van der Waals surface area contributed by atoms with E-state index in [0.29, 0.717) is 0 Å². The van der Waals surface area contributed by atoms with Gasteiger partial charge in [0.1, 0.15) is 11.5 Å². The molecule has 1 aliphatic carbocycles. The quantitative estimate of drug-likeness (QED) is 0.725. The fourth-order valence-electron chi connectivity index (χ4n) is 2.51. The van der Waals surface area contributed by atoms with Crippen molar-refractivity contribution >= 4 is 5.65 Å². The van der Waals surface area contributed by atoms with Crippen molar-refractivity contribution in [2.75, 3.05) is 0 Å². The van der Waals surface area contributed by atoms with Crippen molar-refractivity contribution in [3.63, 3.8) is 0 Å². The molecule has 0 unspecified atom stereocenters. The Morgan fingerprint density at radius 2 is 2.16 bits per heavy atom. The van der Waals surface area contributed by atoms with Crippen LogP contribution in [0, 0.1) is 0 Å². The summed E-state index contributed by atoms with van der Waals surface area (Å²) in [5.41, 5.74) is 7.66. The zero-order valence-corrected chi connectivity index (χ0v) is 10.4. The van der Waals surface area contributed by atoms with Gasteiger partial charge < -0.3 is 10.7 Å². The molecule has 3 aromatic heterocycles. The number of aromatic amines is 1. The molecule has 19 heavy (non-hydrogen) atoms. The van der Waals surface area contributed by atoms with Gasteiger partial charge in [-0.1, -0.05) is 6.07 Å². The molecule has 6 heteroatoms. The average molecular weight is 254 g/mol. The maximum atomic E-state index is 6.27. The summed E-state index contributed by atoms with van der Waals surface area (Å²) < 4.78 is 1.93. The van der Waals surface area contributed by atoms with Crippen LogP contribution >= 0.6 is 0 Å². The number of H-pyrrole nitrogens is 1. The van der Waals surface area contributed by atoms with Crippen molar-refractivity contribution in [2.24, 2.45) is 5.73 Å². The van der Waals surface area contributed by atoms with Crippen molar-refractivity contribution in [3.05, 3.63) is 36.4 Å². The highest BCUT2D eigenvalue weighted by atomic mass is 15.3. The molecule has 0 amide bonds. The van der Waals surface area contributed by atoms with Gasteiger partial charge in [-0.25, -0.2) is 4.98 Å².